The van der Waals surface area contributed by atoms with E-state index in [-0.39, 0.29) is 0 Å². The molecule has 0 aromatic heterocycles. The maximum atomic E-state index is 6.28. The topological polar surface area (TPSA) is 18.5 Å². The highest BCUT2D eigenvalue weighted by Gasteiger charge is 2.21. The van der Waals surface area contributed by atoms with E-state index in [2.05, 4.69) is 56.9 Å². The van der Waals surface area contributed by atoms with Crippen LogP contribution in [0.3, 0.4) is 0 Å². The Morgan fingerprint density at radius 3 is 2.19 bits per heavy atom. The number of methoxy groups -OCH3 is 1. The molecular formula is C18H24O2Si. The van der Waals surface area contributed by atoms with Crippen LogP contribution in [0.25, 0.3) is 0 Å². The van der Waals surface area contributed by atoms with Gasteiger partial charge in [0.25, 0.3) is 0 Å². The summed E-state index contributed by atoms with van der Waals surface area (Å²) in [6.07, 6.45) is 0. The lowest BCUT2D eigenvalue weighted by Gasteiger charge is -2.24. The third-order valence-corrected chi connectivity index (χ3v) is 4.24. The maximum absolute atomic E-state index is 6.28. The van der Waals surface area contributed by atoms with Crippen LogP contribution in [0.15, 0.2) is 48.5 Å². The first-order chi connectivity index (χ1) is 9.90. The lowest BCUT2D eigenvalue weighted by Crippen LogP contribution is -2.30. The quantitative estimate of drug-likeness (QED) is 0.718. The standard InChI is InChI=1S/C18H24O2Si/c1-14(15-9-7-6-8-10-15)17-12-11-16(19-2)13-18(17)20-21(3,4)5/h6-14H,1-5H3/t14-/m1/s1. The van der Waals surface area contributed by atoms with Crippen molar-refractivity contribution in [2.45, 2.75) is 32.5 Å². The predicted octanol–water partition coefficient (Wildman–Crippen LogP) is 5.06. The van der Waals surface area contributed by atoms with Crippen molar-refractivity contribution < 1.29 is 9.16 Å². The summed E-state index contributed by atoms with van der Waals surface area (Å²) in [5.74, 6) is 2.08. The second kappa shape index (κ2) is 6.35. The molecule has 0 saturated heterocycles. The van der Waals surface area contributed by atoms with Crippen molar-refractivity contribution in [2.75, 3.05) is 7.11 Å². The van der Waals surface area contributed by atoms with Gasteiger partial charge in [0.05, 0.1) is 7.11 Å². The molecule has 0 amide bonds. The highest BCUT2D eigenvalue weighted by molar-refractivity contribution is 6.70. The van der Waals surface area contributed by atoms with Gasteiger partial charge in [-0.15, -0.1) is 0 Å². The molecule has 0 bridgehead atoms. The molecule has 0 aliphatic carbocycles. The summed E-state index contributed by atoms with van der Waals surface area (Å²) < 4.78 is 11.6. The minimum Gasteiger partial charge on any atom is -0.544 e. The van der Waals surface area contributed by atoms with E-state index in [9.17, 15) is 0 Å². The van der Waals surface area contributed by atoms with E-state index in [1.165, 1.54) is 11.1 Å². The normalized spacial score (nSPS) is 12.8. The summed E-state index contributed by atoms with van der Waals surface area (Å²) in [5, 5.41) is 0. The molecule has 0 aliphatic heterocycles. The van der Waals surface area contributed by atoms with Gasteiger partial charge in [0, 0.05) is 17.5 Å². The first-order valence-electron chi connectivity index (χ1n) is 7.32. The number of hydrogen-bond donors (Lipinski definition) is 0. The van der Waals surface area contributed by atoms with Crippen LogP contribution in [0.4, 0.5) is 0 Å². The summed E-state index contributed by atoms with van der Waals surface area (Å²) >= 11 is 0. The molecule has 0 saturated carbocycles. The Bertz CT molecular complexity index is 588. The highest BCUT2D eigenvalue weighted by atomic mass is 28.4. The van der Waals surface area contributed by atoms with Crippen LogP contribution in [-0.4, -0.2) is 15.4 Å². The molecule has 3 heteroatoms. The molecule has 2 aromatic carbocycles. The van der Waals surface area contributed by atoms with Crippen molar-refractivity contribution in [1.29, 1.82) is 0 Å². The van der Waals surface area contributed by atoms with Crippen molar-refractivity contribution in [2.24, 2.45) is 0 Å². The molecule has 2 nitrogen and oxygen atoms in total. The number of ether oxygens (including phenoxy) is 1. The first-order valence-corrected chi connectivity index (χ1v) is 10.7. The zero-order valence-corrected chi connectivity index (χ0v) is 14.5. The lowest BCUT2D eigenvalue weighted by molar-refractivity contribution is 0.411. The minimum absolute atomic E-state index is 0.295. The summed E-state index contributed by atoms with van der Waals surface area (Å²) in [7, 11) is 0.0209. The van der Waals surface area contributed by atoms with Gasteiger partial charge >= 0.3 is 0 Å². The van der Waals surface area contributed by atoms with E-state index < -0.39 is 8.32 Å². The molecule has 0 aliphatic rings. The highest BCUT2D eigenvalue weighted by Crippen LogP contribution is 2.35. The average molecular weight is 300 g/mol. The van der Waals surface area contributed by atoms with Crippen LogP contribution in [0.5, 0.6) is 11.5 Å². The van der Waals surface area contributed by atoms with Crippen LogP contribution in [-0.2, 0) is 0 Å². The molecule has 1 atom stereocenters. The maximum Gasteiger partial charge on any atom is 0.242 e. The molecule has 0 N–H and O–H groups in total. The Morgan fingerprint density at radius 2 is 1.62 bits per heavy atom. The Hall–Kier alpha value is -1.74. The monoisotopic (exact) mass is 300 g/mol. The van der Waals surface area contributed by atoms with Crippen molar-refractivity contribution in [3.63, 3.8) is 0 Å². The van der Waals surface area contributed by atoms with Gasteiger partial charge in [-0.1, -0.05) is 43.3 Å². The second-order valence-corrected chi connectivity index (χ2v) is 10.7. The van der Waals surface area contributed by atoms with Gasteiger partial charge in [-0.2, -0.15) is 0 Å². The fourth-order valence-electron chi connectivity index (χ4n) is 2.34. The van der Waals surface area contributed by atoms with Crippen molar-refractivity contribution >= 4 is 8.32 Å². The Kier molecular flexibility index (Phi) is 4.73. The fraction of sp³-hybridized carbons (Fsp3) is 0.333. The van der Waals surface area contributed by atoms with Gasteiger partial charge in [0.2, 0.25) is 8.32 Å². The van der Waals surface area contributed by atoms with Crippen molar-refractivity contribution in [3.8, 4) is 11.5 Å². The van der Waals surface area contributed by atoms with Gasteiger partial charge in [-0.25, -0.2) is 0 Å². The van der Waals surface area contributed by atoms with E-state index in [1.807, 2.05) is 18.2 Å². The van der Waals surface area contributed by atoms with Crippen molar-refractivity contribution in [1.82, 2.24) is 0 Å². The van der Waals surface area contributed by atoms with Crippen LogP contribution in [0.1, 0.15) is 24.0 Å². The Morgan fingerprint density at radius 1 is 0.952 bits per heavy atom. The van der Waals surface area contributed by atoms with E-state index >= 15 is 0 Å². The van der Waals surface area contributed by atoms with E-state index in [4.69, 9.17) is 9.16 Å². The number of hydrogen-bond acceptors (Lipinski definition) is 2. The predicted molar refractivity (Wildman–Crippen MR) is 90.9 cm³/mol. The van der Waals surface area contributed by atoms with E-state index in [0.717, 1.165) is 11.5 Å². The average Bonchev–Trinajstić information content (AvgIpc) is 2.45. The Labute approximate surface area is 128 Å². The summed E-state index contributed by atoms with van der Waals surface area (Å²) in [5.41, 5.74) is 2.51. The van der Waals surface area contributed by atoms with Gasteiger partial charge < -0.3 is 9.16 Å². The van der Waals surface area contributed by atoms with E-state index in [1.54, 1.807) is 7.11 Å². The molecule has 21 heavy (non-hydrogen) atoms. The smallest absolute Gasteiger partial charge is 0.242 e. The molecule has 0 radical (unpaired) electrons. The molecule has 0 spiro atoms. The largest absolute Gasteiger partial charge is 0.544 e. The molecule has 0 unspecified atom stereocenters. The lowest BCUT2D eigenvalue weighted by atomic mass is 9.92. The van der Waals surface area contributed by atoms with Gasteiger partial charge in [-0.05, 0) is 31.3 Å². The van der Waals surface area contributed by atoms with Crippen LogP contribution < -0.4 is 9.16 Å². The molecule has 112 valence electrons. The number of rotatable bonds is 5. The molecule has 2 aromatic rings. The van der Waals surface area contributed by atoms with Gasteiger partial charge in [0.1, 0.15) is 11.5 Å². The third kappa shape index (κ3) is 4.11. The molecule has 0 fully saturated rings. The first kappa shape index (κ1) is 15.6. The van der Waals surface area contributed by atoms with E-state index in [0.29, 0.717) is 5.92 Å². The molecule has 0 heterocycles. The third-order valence-electron chi connectivity index (χ3n) is 3.40. The number of benzene rings is 2. The zero-order valence-electron chi connectivity index (χ0n) is 13.5. The van der Waals surface area contributed by atoms with Gasteiger partial charge in [-0.3, -0.25) is 0 Å². The van der Waals surface area contributed by atoms with Crippen molar-refractivity contribution in [3.05, 3.63) is 59.7 Å². The van der Waals surface area contributed by atoms with Gasteiger partial charge in [0.15, 0.2) is 0 Å². The molecule has 2 rings (SSSR count). The second-order valence-electron chi connectivity index (χ2n) is 6.25. The summed E-state index contributed by atoms with van der Waals surface area (Å²) in [4.78, 5) is 0. The summed E-state index contributed by atoms with van der Waals surface area (Å²) in [6, 6.07) is 16.7. The Balaban J connectivity index is 2.42. The minimum atomic E-state index is -1.67. The zero-order chi connectivity index (χ0) is 15.5. The van der Waals surface area contributed by atoms with Crippen LogP contribution in [0.2, 0.25) is 19.6 Å². The van der Waals surface area contributed by atoms with Crippen LogP contribution in [0, 0.1) is 0 Å². The molecular weight excluding hydrogens is 276 g/mol. The SMILES string of the molecule is COc1ccc([C@H](C)c2ccccc2)c(O[Si](C)(C)C)c1. The fourth-order valence-corrected chi connectivity index (χ4v) is 3.18. The summed E-state index contributed by atoms with van der Waals surface area (Å²) in [6.45, 7) is 8.81. The van der Waals surface area contributed by atoms with Crippen LogP contribution >= 0.6 is 0 Å².